The number of hydrogen-bond acceptors (Lipinski definition) is 4. The zero-order chi connectivity index (χ0) is 21.8. The van der Waals surface area contributed by atoms with E-state index in [0.29, 0.717) is 6.04 Å². The quantitative estimate of drug-likeness (QED) is 0.661. The fraction of sp³-hybridized carbons (Fsp3) is 0.593. The lowest BCUT2D eigenvalue weighted by Gasteiger charge is -2.44. The molecule has 4 aliphatic rings. The van der Waals surface area contributed by atoms with Crippen molar-refractivity contribution in [2.75, 3.05) is 31.1 Å². The number of carbonyl (C=O) groups is 1. The number of piperazine rings is 1. The normalized spacial score (nSPS) is 35.7. The summed E-state index contributed by atoms with van der Waals surface area (Å²) in [6.07, 6.45) is 8.13. The van der Waals surface area contributed by atoms with Gasteiger partial charge in [-0.25, -0.2) is 0 Å². The van der Waals surface area contributed by atoms with Gasteiger partial charge in [0.25, 0.3) is 0 Å². The molecule has 2 heterocycles. The highest BCUT2D eigenvalue weighted by atomic mass is 16.6. The van der Waals surface area contributed by atoms with Crippen molar-refractivity contribution in [3.63, 3.8) is 0 Å². The third-order valence-corrected chi connectivity index (χ3v) is 8.20. The summed E-state index contributed by atoms with van der Waals surface area (Å²) in [5.41, 5.74) is 5.66. The molecule has 1 aromatic rings. The van der Waals surface area contributed by atoms with Gasteiger partial charge in [-0.3, -0.25) is 9.69 Å². The van der Waals surface area contributed by atoms with Crippen LogP contribution < -0.4 is 4.90 Å². The molecule has 5 atom stereocenters. The van der Waals surface area contributed by atoms with Gasteiger partial charge >= 0.3 is 5.97 Å². The Bertz CT molecular complexity index is 935. The average molecular weight is 421 g/mol. The van der Waals surface area contributed by atoms with E-state index in [2.05, 4.69) is 73.9 Å². The minimum absolute atomic E-state index is 0.0181. The Labute approximate surface area is 186 Å². The number of ether oxygens (including phenoxy) is 1. The van der Waals surface area contributed by atoms with E-state index in [9.17, 15) is 4.79 Å². The smallest absolute Gasteiger partial charge is 0.311 e. The summed E-state index contributed by atoms with van der Waals surface area (Å²) >= 11 is 0. The Morgan fingerprint density at radius 3 is 2.84 bits per heavy atom. The van der Waals surface area contributed by atoms with Crippen LogP contribution in [0.1, 0.15) is 45.6 Å². The molecule has 4 heteroatoms. The zero-order valence-corrected chi connectivity index (χ0v) is 19.4. The maximum absolute atomic E-state index is 12.9. The van der Waals surface area contributed by atoms with Gasteiger partial charge in [0, 0.05) is 43.8 Å². The summed E-state index contributed by atoms with van der Waals surface area (Å²) in [7, 11) is 0. The van der Waals surface area contributed by atoms with Crippen LogP contribution in [0.15, 0.2) is 47.6 Å². The van der Waals surface area contributed by atoms with Crippen LogP contribution in [0.5, 0.6) is 0 Å². The van der Waals surface area contributed by atoms with Crippen molar-refractivity contribution >= 4 is 11.7 Å². The van der Waals surface area contributed by atoms with E-state index >= 15 is 0 Å². The molecule has 1 aromatic carbocycles. The molecule has 0 N–H and O–H groups in total. The lowest BCUT2D eigenvalue weighted by Crippen LogP contribution is -2.53. The van der Waals surface area contributed by atoms with Crippen molar-refractivity contribution < 1.29 is 9.53 Å². The Hall–Kier alpha value is -2.07. The molecule has 0 bridgehead atoms. The highest BCUT2D eigenvalue weighted by molar-refractivity contribution is 5.76. The van der Waals surface area contributed by atoms with Gasteiger partial charge < -0.3 is 9.64 Å². The van der Waals surface area contributed by atoms with Crippen LogP contribution in [-0.4, -0.2) is 49.2 Å². The Kier molecular flexibility index (Phi) is 5.24. The molecular formula is C27H36N2O2. The topological polar surface area (TPSA) is 32.8 Å². The Morgan fingerprint density at radius 2 is 2.06 bits per heavy atom. The second-order valence-corrected chi connectivity index (χ2v) is 10.6. The molecule has 0 amide bonds. The summed E-state index contributed by atoms with van der Waals surface area (Å²) in [5, 5.41) is 0. The van der Waals surface area contributed by atoms with Crippen molar-refractivity contribution in [2.24, 2.45) is 17.3 Å². The fourth-order valence-corrected chi connectivity index (χ4v) is 6.51. The van der Waals surface area contributed by atoms with Crippen LogP contribution in [0, 0.1) is 24.2 Å². The molecule has 0 spiro atoms. The average Bonchev–Trinajstić information content (AvgIpc) is 3.00. The molecule has 2 aliphatic heterocycles. The summed E-state index contributed by atoms with van der Waals surface area (Å²) in [6, 6.07) is 9.21. The van der Waals surface area contributed by atoms with E-state index in [-0.39, 0.29) is 29.3 Å². The number of nitrogens with zero attached hydrogens (tertiary/aromatic N) is 2. The second-order valence-electron chi connectivity index (χ2n) is 10.6. The van der Waals surface area contributed by atoms with E-state index < -0.39 is 0 Å². The lowest BCUT2D eigenvalue weighted by atomic mass is 9.62. The van der Waals surface area contributed by atoms with E-state index in [4.69, 9.17) is 4.74 Å². The first-order valence-electron chi connectivity index (χ1n) is 12.0. The molecule has 2 saturated heterocycles. The molecule has 2 aliphatic carbocycles. The first kappa shape index (κ1) is 20.8. The van der Waals surface area contributed by atoms with Crippen molar-refractivity contribution in [3.05, 3.63) is 53.1 Å². The van der Waals surface area contributed by atoms with E-state index in [1.54, 1.807) is 0 Å². The van der Waals surface area contributed by atoms with Gasteiger partial charge in [-0.15, -0.1) is 0 Å². The number of hydrogen-bond donors (Lipinski definition) is 0. The first-order valence-corrected chi connectivity index (χ1v) is 12.0. The van der Waals surface area contributed by atoms with Gasteiger partial charge in [-0.1, -0.05) is 36.8 Å². The van der Waals surface area contributed by atoms with E-state index in [1.165, 1.54) is 28.8 Å². The van der Waals surface area contributed by atoms with Gasteiger partial charge in [-0.05, 0) is 68.7 Å². The minimum Gasteiger partial charge on any atom is -0.461 e. The molecule has 0 radical (unpaired) electrons. The van der Waals surface area contributed by atoms with Gasteiger partial charge in [0.1, 0.15) is 6.10 Å². The highest BCUT2D eigenvalue weighted by Gasteiger charge is 2.51. The molecular weight excluding hydrogens is 384 g/mol. The van der Waals surface area contributed by atoms with Crippen LogP contribution in [0.4, 0.5) is 5.69 Å². The lowest BCUT2D eigenvalue weighted by molar-refractivity contribution is -0.145. The summed E-state index contributed by atoms with van der Waals surface area (Å²) < 4.78 is 5.96. The maximum atomic E-state index is 12.9. The third kappa shape index (κ3) is 3.73. The third-order valence-electron chi connectivity index (χ3n) is 8.20. The summed E-state index contributed by atoms with van der Waals surface area (Å²) in [6.45, 7) is 12.8. The van der Waals surface area contributed by atoms with Crippen LogP contribution in [0.3, 0.4) is 0 Å². The van der Waals surface area contributed by atoms with E-state index in [0.717, 1.165) is 39.0 Å². The Morgan fingerprint density at radius 1 is 1.23 bits per heavy atom. The van der Waals surface area contributed by atoms with Gasteiger partial charge in [-0.2, -0.15) is 0 Å². The molecule has 0 aromatic heterocycles. The molecule has 31 heavy (non-hydrogen) atoms. The van der Waals surface area contributed by atoms with Crippen LogP contribution >= 0.6 is 0 Å². The van der Waals surface area contributed by atoms with Gasteiger partial charge in [0.2, 0.25) is 0 Å². The monoisotopic (exact) mass is 420 g/mol. The van der Waals surface area contributed by atoms with Crippen LogP contribution in [0.2, 0.25) is 0 Å². The van der Waals surface area contributed by atoms with Gasteiger partial charge in [0.05, 0.1) is 5.92 Å². The number of benzene rings is 1. The molecule has 5 rings (SSSR count). The van der Waals surface area contributed by atoms with Crippen LogP contribution in [-0.2, 0) is 9.53 Å². The largest absolute Gasteiger partial charge is 0.461 e. The number of fused-ring (bicyclic) bond motifs is 2. The minimum atomic E-state index is -0.0329. The summed E-state index contributed by atoms with van der Waals surface area (Å²) in [5.74, 6) is 0.209. The van der Waals surface area contributed by atoms with Crippen molar-refractivity contribution in [1.82, 2.24) is 4.90 Å². The molecule has 4 nitrogen and oxygen atoms in total. The molecule has 166 valence electrons. The fourth-order valence-electron chi connectivity index (χ4n) is 6.51. The van der Waals surface area contributed by atoms with E-state index in [1.807, 2.05) is 0 Å². The Balaban J connectivity index is 1.30. The first-order chi connectivity index (χ1) is 14.8. The summed E-state index contributed by atoms with van der Waals surface area (Å²) in [4.78, 5) is 17.9. The molecule has 0 unspecified atom stereocenters. The van der Waals surface area contributed by atoms with Gasteiger partial charge in [0.15, 0.2) is 0 Å². The highest BCUT2D eigenvalue weighted by Crippen LogP contribution is 2.52. The standard InChI is InChI=1S/C27H36N2O2/c1-18-7-5-9-21(13-18)29-12-11-28(16-20(29)3)17-23-22-14-24-19(2)8-6-10-27(24,4)15-25(22)31-26(23)30/h5,7-9,13-14,20,22-23,25H,6,10-12,15-17H2,1-4H3/t20-,22+,23+,25+,27+/m0/s1. The maximum Gasteiger partial charge on any atom is 0.311 e. The van der Waals surface area contributed by atoms with Crippen molar-refractivity contribution in [3.8, 4) is 0 Å². The number of esters is 1. The zero-order valence-electron chi connectivity index (χ0n) is 19.4. The molecule has 2 fully saturated rings. The molecule has 0 saturated carbocycles. The number of anilines is 1. The number of carbonyl (C=O) groups excluding carboxylic acids is 1. The number of rotatable bonds is 3. The van der Waals surface area contributed by atoms with Crippen molar-refractivity contribution in [1.29, 1.82) is 0 Å². The number of aryl methyl sites for hydroxylation is 1. The van der Waals surface area contributed by atoms with Crippen LogP contribution in [0.25, 0.3) is 0 Å². The van der Waals surface area contributed by atoms with Crippen molar-refractivity contribution in [2.45, 2.75) is 59.1 Å². The second kappa shape index (κ2) is 7.81. The SMILES string of the molecule is CC1=CCC[C@]2(C)C[C@H]3OC(=O)[C@H](CN4CCN(c5cccc(C)c5)[C@@H](C)C4)[C@H]3C=C12. The predicted molar refractivity (Wildman–Crippen MR) is 125 cm³/mol. The number of allylic oxidation sites excluding steroid dienone is 3. The predicted octanol–water partition coefficient (Wildman–Crippen LogP) is 4.74.